The highest BCUT2D eigenvalue weighted by Gasteiger charge is 2.13. The van der Waals surface area contributed by atoms with Crippen molar-refractivity contribution in [2.45, 2.75) is 17.2 Å². The molecule has 0 saturated carbocycles. The summed E-state index contributed by atoms with van der Waals surface area (Å²) in [6, 6.07) is 10.8. The van der Waals surface area contributed by atoms with Crippen LogP contribution in [0.5, 0.6) is 0 Å². The maximum Gasteiger partial charge on any atom is 0.229 e. The van der Waals surface area contributed by atoms with Gasteiger partial charge in [0.15, 0.2) is 5.65 Å². The SMILES string of the molecule is O=C(Cc1c(F)cccc1F)Nc1cccc(CSc2ncnc3[nH]ncc23)c1. The number of anilines is 1. The molecule has 146 valence electrons. The van der Waals surface area contributed by atoms with Gasteiger partial charge in [-0.15, -0.1) is 11.8 Å². The minimum Gasteiger partial charge on any atom is -0.326 e. The molecule has 0 spiro atoms. The predicted molar refractivity (Wildman–Crippen MR) is 106 cm³/mol. The second-order valence-electron chi connectivity index (χ2n) is 6.23. The Morgan fingerprint density at radius 1 is 1.10 bits per heavy atom. The van der Waals surface area contributed by atoms with Crippen LogP contribution in [0.25, 0.3) is 11.0 Å². The molecule has 2 aromatic carbocycles. The van der Waals surface area contributed by atoms with Crippen molar-refractivity contribution in [1.29, 1.82) is 0 Å². The fourth-order valence-electron chi connectivity index (χ4n) is 2.82. The van der Waals surface area contributed by atoms with E-state index in [1.165, 1.54) is 24.2 Å². The van der Waals surface area contributed by atoms with Gasteiger partial charge in [-0.05, 0) is 29.8 Å². The topological polar surface area (TPSA) is 83.6 Å². The molecule has 2 aromatic heterocycles. The molecule has 0 fully saturated rings. The van der Waals surface area contributed by atoms with Crippen molar-refractivity contribution < 1.29 is 13.6 Å². The lowest BCUT2D eigenvalue weighted by Crippen LogP contribution is -2.16. The van der Waals surface area contributed by atoms with Crippen LogP contribution in [0.4, 0.5) is 14.5 Å². The number of fused-ring (bicyclic) bond motifs is 1. The fraction of sp³-hybridized carbons (Fsp3) is 0.100. The third-order valence-corrected chi connectivity index (χ3v) is 5.27. The number of thioether (sulfide) groups is 1. The van der Waals surface area contributed by atoms with Gasteiger partial charge in [-0.1, -0.05) is 18.2 Å². The van der Waals surface area contributed by atoms with E-state index >= 15 is 0 Å². The van der Waals surface area contributed by atoms with Crippen molar-refractivity contribution in [2.24, 2.45) is 0 Å². The van der Waals surface area contributed by atoms with E-state index in [0.29, 0.717) is 17.1 Å². The third-order valence-electron chi connectivity index (χ3n) is 4.20. The lowest BCUT2D eigenvalue weighted by Gasteiger charge is -2.09. The monoisotopic (exact) mass is 411 g/mol. The molecule has 2 heterocycles. The van der Waals surface area contributed by atoms with Crippen molar-refractivity contribution in [3.05, 3.63) is 77.8 Å². The Morgan fingerprint density at radius 3 is 2.72 bits per heavy atom. The first-order valence-electron chi connectivity index (χ1n) is 8.69. The number of carbonyl (C=O) groups excluding carboxylic acids is 1. The summed E-state index contributed by atoms with van der Waals surface area (Å²) in [6.45, 7) is 0. The maximum absolute atomic E-state index is 13.7. The maximum atomic E-state index is 13.7. The first kappa shape index (κ1) is 19.0. The Hall–Kier alpha value is -3.33. The highest BCUT2D eigenvalue weighted by molar-refractivity contribution is 7.98. The summed E-state index contributed by atoms with van der Waals surface area (Å²) in [5.41, 5.74) is 1.94. The minimum absolute atomic E-state index is 0.246. The molecule has 0 saturated heterocycles. The Kier molecular flexibility index (Phi) is 5.48. The Morgan fingerprint density at radius 2 is 1.90 bits per heavy atom. The molecule has 0 unspecified atom stereocenters. The minimum atomic E-state index is -0.735. The van der Waals surface area contributed by atoms with E-state index in [4.69, 9.17) is 0 Å². The molecule has 0 aliphatic heterocycles. The smallest absolute Gasteiger partial charge is 0.229 e. The third kappa shape index (κ3) is 4.40. The first-order chi connectivity index (χ1) is 14.1. The first-order valence-corrected chi connectivity index (χ1v) is 9.67. The number of benzene rings is 2. The number of amides is 1. The van der Waals surface area contributed by atoms with Crippen LogP contribution in [0.3, 0.4) is 0 Å². The fourth-order valence-corrected chi connectivity index (χ4v) is 3.72. The van der Waals surface area contributed by atoms with Crippen LogP contribution in [0.2, 0.25) is 0 Å². The highest BCUT2D eigenvalue weighted by Crippen LogP contribution is 2.27. The van der Waals surface area contributed by atoms with Gasteiger partial charge in [-0.2, -0.15) is 5.10 Å². The number of carbonyl (C=O) groups is 1. The van der Waals surface area contributed by atoms with E-state index in [1.54, 1.807) is 12.3 Å². The summed E-state index contributed by atoms with van der Waals surface area (Å²) >= 11 is 1.52. The summed E-state index contributed by atoms with van der Waals surface area (Å²) in [4.78, 5) is 20.6. The molecule has 6 nitrogen and oxygen atoms in total. The van der Waals surface area contributed by atoms with Crippen molar-refractivity contribution in [3.63, 3.8) is 0 Å². The van der Waals surface area contributed by atoms with E-state index in [1.807, 2.05) is 18.2 Å². The number of halogens is 2. The standard InChI is InChI=1S/C20H15F2N5OS/c21-16-5-2-6-17(22)14(16)8-18(28)26-13-4-1-3-12(7-13)10-29-20-15-9-25-27-19(15)23-11-24-20/h1-7,9,11H,8,10H2,(H,26,28)(H,23,24,25,27). The van der Waals surface area contributed by atoms with Crippen molar-refractivity contribution in [3.8, 4) is 0 Å². The van der Waals surface area contributed by atoms with Crippen LogP contribution in [0.1, 0.15) is 11.1 Å². The average molecular weight is 411 g/mol. The van der Waals surface area contributed by atoms with Crippen molar-refractivity contribution in [1.82, 2.24) is 20.2 Å². The molecule has 2 N–H and O–H groups in total. The van der Waals surface area contributed by atoms with Gasteiger partial charge in [0.2, 0.25) is 5.91 Å². The molecule has 1 amide bonds. The van der Waals surface area contributed by atoms with Crippen LogP contribution in [0, 0.1) is 11.6 Å². The largest absolute Gasteiger partial charge is 0.326 e. The number of aromatic nitrogens is 4. The van der Waals surface area contributed by atoms with Gasteiger partial charge in [0, 0.05) is 17.0 Å². The highest BCUT2D eigenvalue weighted by atomic mass is 32.2. The van der Waals surface area contributed by atoms with Crippen molar-refractivity contribution in [2.75, 3.05) is 5.32 Å². The predicted octanol–water partition coefficient (Wildman–Crippen LogP) is 4.10. The van der Waals surface area contributed by atoms with E-state index in [9.17, 15) is 13.6 Å². The summed E-state index contributed by atoms with van der Waals surface area (Å²) in [5.74, 6) is -1.35. The van der Waals surface area contributed by atoms with Gasteiger partial charge >= 0.3 is 0 Å². The summed E-state index contributed by atoms with van der Waals surface area (Å²) in [7, 11) is 0. The van der Waals surface area contributed by atoms with E-state index < -0.39 is 17.5 Å². The molecule has 0 bridgehead atoms. The van der Waals surface area contributed by atoms with Crippen LogP contribution < -0.4 is 5.32 Å². The second kappa shape index (κ2) is 8.36. The van der Waals surface area contributed by atoms with Crippen LogP contribution >= 0.6 is 11.8 Å². The van der Waals surface area contributed by atoms with Crippen molar-refractivity contribution >= 4 is 34.4 Å². The van der Waals surface area contributed by atoms with Gasteiger partial charge in [0.25, 0.3) is 0 Å². The Balaban J connectivity index is 1.42. The average Bonchev–Trinajstić information content (AvgIpc) is 3.19. The molecular weight excluding hydrogens is 396 g/mol. The zero-order valence-electron chi connectivity index (χ0n) is 15.0. The molecule has 0 aliphatic rings. The molecule has 9 heteroatoms. The van der Waals surface area contributed by atoms with Crippen LogP contribution in [0.15, 0.2) is 60.0 Å². The lowest BCUT2D eigenvalue weighted by molar-refractivity contribution is -0.115. The number of H-pyrrole nitrogens is 1. The van der Waals surface area contributed by atoms with Crippen LogP contribution in [-0.4, -0.2) is 26.1 Å². The van der Waals surface area contributed by atoms with E-state index in [-0.39, 0.29) is 12.0 Å². The molecule has 0 radical (unpaired) electrons. The summed E-state index contributed by atoms with van der Waals surface area (Å²) < 4.78 is 27.4. The number of hydrogen-bond acceptors (Lipinski definition) is 5. The quantitative estimate of drug-likeness (QED) is 0.369. The lowest BCUT2D eigenvalue weighted by atomic mass is 10.1. The molecule has 0 aliphatic carbocycles. The zero-order chi connectivity index (χ0) is 20.2. The molecule has 4 rings (SSSR count). The van der Waals surface area contributed by atoms with E-state index in [0.717, 1.165) is 28.1 Å². The molecular formula is C20H15F2N5OS. The number of nitrogens with zero attached hydrogens (tertiary/aromatic N) is 3. The Bertz CT molecular complexity index is 1160. The molecule has 29 heavy (non-hydrogen) atoms. The molecule has 0 atom stereocenters. The summed E-state index contributed by atoms with van der Waals surface area (Å²) in [6.07, 6.45) is 2.77. The molecule has 4 aromatic rings. The second-order valence-corrected chi connectivity index (χ2v) is 7.19. The van der Waals surface area contributed by atoms with Crippen LogP contribution in [-0.2, 0) is 17.0 Å². The number of aromatic amines is 1. The number of rotatable bonds is 6. The Labute approximate surface area is 168 Å². The summed E-state index contributed by atoms with van der Waals surface area (Å²) in [5, 5.41) is 11.1. The normalized spacial score (nSPS) is 11.0. The van der Waals surface area contributed by atoms with Gasteiger partial charge in [-0.25, -0.2) is 18.7 Å². The van der Waals surface area contributed by atoms with Gasteiger partial charge in [-0.3, -0.25) is 9.89 Å². The number of hydrogen-bond donors (Lipinski definition) is 2. The van der Waals surface area contributed by atoms with Gasteiger partial charge < -0.3 is 5.32 Å². The van der Waals surface area contributed by atoms with E-state index in [2.05, 4.69) is 25.5 Å². The van der Waals surface area contributed by atoms with Gasteiger partial charge in [0.1, 0.15) is 23.0 Å². The zero-order valence-corrected chi connectivity index (χ0v) is 15.8. The number of nitrogens with one attached hydrogen (secondary N) is 2. The van der Waals surface area contributed by atoms with Gasteiger partial charge in [0.05, 0.1) is 18.0 Å².